The number of hydrogen-bond acceptors (Lipinski definition) is 9. The summed E-state index contributed by atoms with van der Waals surface area (Å²) in [6, 6.07) is 18.1. The molecule has 3 aromatic rings. The lowest BCUT2D eigenvalue weighted by Crippen LogP contribution is -2.55. The first-order valence-corrected chi connectivity index (χ1v) is 17.0. The molecule has 1 aliphatic rings. The molecule has 0 saturated heterocycles. The fourth-order valence-corrected chi connectivity index (χ4v) is 6.37. The Bertz CT molecular complexity index is 1370. The monoisotopic (exact) mass is 666 g/mol. The van der Waals surface area contributed by atoms with Gasteiger partial charge in [-0.3, -0.25) is 14.8 Å². The van der Waals surface area contributed by atoms with Gasteiger partial charge < -0.3 is 30.3 Å². The Balaban J connectivity index is 1.41. The number of carbonyl (C=O) groups is 3. The van der Waals surface area contributed by atoms with Crippen LogP contribution in [0, 0.1) is 0 Å². The van der Waals surface area contributed by atoms with Gasteiger partial charge in [0.05, 0.1) is 29.1 Å². The summed E-state index contributed by atoms with van der Waals surface area (Å²) in [5.74, 6) is -0.334. The van der Waals surface area contributed by atoms with Gasteiger partial charge in [0, 0.05) is 44.2 Å². The van der Waals surface area contributed by atoms with E-state index >= 15 is 0 Å². The van der Waals surface area contributed by atoms with Crippen molar-refractivity contribution in [2.24, 2.45) is 4.99 Å². The van der Waals surface area contributed by atoms with E-state index in [0.29, 0.717) is 38.8 Å². The molecular weight excluding hydrogens is 625 g/mol. The number of rotatable bonds is 17. The van der Waals surface area contributed by atoms with Crippen molar-refractivity contribution in [3.63, 3.8) is 0 Å². The highest BCUT2D eigenvalue weighted by Crippen LogP contribution is 2.16. The van der Waals surface area contributed by atoms with Crippen molar-refractivity contribution >= 4 is 46.7 Å². The topological polar surface area (TPSA) is 134 Å². The van der Waals surface area contributed by atoms with Crippen molar-refractivity contribution in [3.05, 3.63) is 88.4 Å². The Morgan fingerprint density at radius 1 is 0.957 bits per heavy atom. The van der Waals surface area contributed by atoms with Gasteiger partial charge in [0.2, 0.25) is 5.91 Å². The number of ether oxygens (including phenoxy) is 2. The predicted octanol–water partition coefficient (Wildman–Crippen LogP) is 4.29. The average molecular weight is 667 g/mol. The smallest absolute Gasteiger partial charge is 0.407 e. The van der Waals surface area contributed by atoms with Crippen LogP contribution in [-0.4, -0.2) is 90.7 Å². The van der Waals surface area contributed by atoms with Gasteiger partial charge in [0.25, 0.3) is 0 Å². The van der Waals surface area contributed by atoms with Gasteiger partial charge >= 0.3 is 12.1 Å². The maximum absolute atomic E-state index is 13.6. The van der Waals surface area contributed by atoms with Crippen LogP contribution in [-0.2, 0) is 33.7 Å². The Labute approximate surface area is 278 Å². The molecule has 0 saturated carbocycles. The van der Waals surface area contributed by atoms with E-state index in [0.717, 1.165) is 16.0 Å². The maximum atomic E-state index is 13.6. The highest BCUT2D eigenvalue weighted by atomic mass is 32.2. The Morgan fingerprint density at radius 3 is 2.17 bits per heavy atom. The van der Waals surface area contributed by atoms with Crippen LogP contribution < -0.4 is 16.0 Å². The second kappa shape index (κ2) is 18.9. The maximum Gasteiger partial charge on any atom is 0.407 e. The van der Waals surface area contributed by atoms with Crippen molar-refractivity contribution in [2.45, 2.75) is 55.7 Å². The van der Waals surface area contributed by atoms with Crippen molar-refractivity contribution < 1.29 is 23.9 Å². The molecular formula is C33H42N6O5S2. The molecule has 13 heteroatoms. The van der Waals surface area contributed by atoms with E-state index in [2.05, 4.69) is 25.9 Å². The van der Waals surface area contributed by atoms with Crippen LogP contribution >= 0.6 is 23.1 Å². The number of amides is 4. The summed E-state index contributed by atoms with van der Waals surface area (Å²) in [6.07, 6.45) is 3.49. The number of carbonyl (C=O) groups excluding carboxylic acids is 3. The first kappa shape index (κ1) is 34.9. The minimum absolute atomic E-state index is 0.0224. The summed E-state index contributed by atoms with van der Waals surface area (Å²) < 4.78 is 10.8. The van der Waals surface area contributed by atoms with Gasteiger partial charge in [-0.15, -0.1) is 23.1 Å². The van der Waals surface area contributed by atoms with Crippen molar-refractivity contribution in [1.29, 1.82) is 0 Å². The van der Waals surface area contributed by atoms with Crippen LogP contribution in [0.25, 0.3) is 0 Å². The van der Waals surface area contributed by atoms with E-state index in [1.165, 1.54) is 18.4 Å². The molecule has 1 aromatic heterocycles. The van der Waals surface area contributed by atoms with Crippen molar-refractivity contribution in [1.82, 2.24) is 25.8 Å². The average Bonchev–Trinajstić information content (AvgIpc) is 3.78. The summed E-state index contributed by atoms with van der Waals surface area (Å²) in [4.78, 5) is 50.1. The summed E-state index contributed by atoms with van der Waals surface area (Å²) >= 11 is 3.02. The zero-order valence-corrected chi connectivity index (χ0v) is 27.8. The molecule has 1 aliphatic heterocycles. The van der Waals surface area contributed by atoms with Crippen LogP contribution in [0.3, 0.4) is 0 Å². The SMILES string of the molecule is COC[C@H](NC(=O)N(C)CC1CN=CS1)C(=O)N[C@H](CC[C@H](Cc1ccccc1)NC(=O)OCc1cncs1)Cc1ccccc1. The molecule has 11 nitrogen and oxygen atoms in total. The molecule has 4 rings (SSSR count). The number of benzene rings is 2. The van der Waals surface area contributed by atoms with E-state index in [-0.39, 0.29) is 42.5 Å². The Morgan fingerprint density at radius 2 is 1.61 bits per heavy atom. The zero-order chi connectivity index (χ0) is 32.6. The van der Waals surface area contributed by atoms with Gasteiger partial charge in [-0.1, -0.05) is 60.7 Å². The van der Waals surface area contributed by atoms with Crippen molar-refractivity contribution in [3.8, 4) is 0 Å². The van der Waals surface area contributed by atoms with E-state index in [4.69, 9.17) is 9.47 Å². The van der Waals surface area contributed by atoms with Gasteiger partial charge in [0.15, 0.2) is 0 Å². The number of nitrogens with one attached hydrogen (secondary N) is 3. The zero-order valence-electron chi connectivity index (χ0n) is 26.2. The first-order chi connectivity index (χ1) is 22.4. The molecule has 0 radical (unpaired) electrons. The van der Waals surface area contributed by atoms with Gasteiger partial charge in [-0.05, 0) is 36.8 Å². The molecule has 2 aromatic carbocycles. The van der Waals surface area contributed by atoms with Crippen LogP contribution in [0.2, 0.25) is 0 Å². The van der Waals surface area contributed by atoms with Crippen LogP contribution in [0.15, 0.2) is 77.4 Å². The molecule has 46 heavy (non-hydrogen) atoms. The Kier molecular flexibility index (Phi) is 14.3. The van der Waals surface area contributed by atoms with E-state index in [1.54, 1.807) is 41.0 Å². The second-order valence-electron chi connectivity index (χ2n) is 11.1. The number of alkyl carbamates (subject to hydrolysis) is 1. The molecule has 0 fully saturated rings. The summed E-state index contributed by atoms with van der Waals surface area (Å²) in [6.45, 7) is 1.34. The predicted molar refractivity (Wildman–Crippen MR) is 182 cm³/mol. The molecule has 4 amide bonds. The van der Waals surface area contributed by atoms with E-state index in [1.807, 2.05) is 60.7 Å². The summed E-state index contributed by atoms with van der Waals surface area (Å²) in [5, 5.41) is 9.22. The highest BCUT2D eigenvalue weighted by Gasteiger charge is 2.27. The number of thiazole rings is 1. The van der Waals surface area contributed by atoms with Gasteiger partial charge in [-0.25, -0.2) is 9.59 Å². The molecule has 3 N–H and O–H groups in total. The number of urea groups is 1. The van der Waals surface area contributed by atoms with Crippen LogP contribution in [0.4, 0.5) is 9.59 Å². The molecule has 0 bridgehead atoms. The third kappa shape index (κ3) is 12.1. The number of aliphatic imine (C=N–C) groups is 1. The van der Waals surface area contributed by atoms with Crippen molar-refractivity contribution in [2.75, 3.05) is 33.9 Å². The third-order valence-corrected chi connectivity index (χ3v) is 9.13. The quantitative estimate of drug-likeness (QED) is 0.196. The summed E-state index contributed by atoms with van der Waals surface area (Å²) in [5.41, 5.74) is 5.64. The highest BCUT2D eigenvalue weighted by molar-refractivity contribution is 8.12. The van der Waals surface area contributed by atoms with Crippen LogP contribution in [0.5, 0.6) is 0 Å². The number of hydrogen-bond donors (Lipinski definition) is 3. The van der Waals surface area contributed by atoms with Gasteiger partial charge in [-0.2, -0.15) is 0 Å². The minimum Gasteiger partial charge on any atom is -0.444 e. The standard InChI is InChI=1S/C33H42N6O5S2/c1-39(19-28-17-34-22-45-28)32(41)38-30(21-43-2)31(40)36-26(15-24-9-5-3-6-10-24)13-14-27(16-25-11-7-4-8-12-25)37-33(42)44-20-29-18-35-23-46-29/h3-12,18,22-23,26-28,30H,13-17,19-21H2,1-2H3,(H,36,40)(H,37,42)(H,38,41)/t26-,27-,28?,30+/m1/s1. The molecule has 2 heterocycles. The number of methoxy groups -OCH3 is 1. The number of nitrogens with zero attached hydrogens (tertiary/aromatic N) is 3. The normalized spacial score (nSPS) is 15.8. The Hall–Kier alpha value is -3.94. The minimum atomic E-state index is -0.884. The molecule has 0 spiro atoms. The molecule has 246 valence electrons. The van der Waals surface area contributed by atoms with E-state index < -0.39 is 12.1 Å². The lowest BCUT2D eigenvalue weighted by Gasteiger charge is -2.27. The third-order valence-electron chi connectivity index (χ3n) is 7.42. The largest absolute Gasteiger partial charge is 0.444 e. The molecule has 4 atom stereocenters. The molecule has 1 unspecified atom stereocenters. The molecule has 0 aliphatic carbocycles. The lowest BCUT2D eigenvalue weighted by atomic mass is 9.96. The van der Waals surface area contributed by atoms with Crippen LogP contribution in [0.1, 0.15) is 28.8 Å². The summed E-state index contributed by atoms with van der Waals surface area (Å²) in [7, 11) is 3.20. The second-order valence-corrected chi connectivity index (χ2v) is 13.2. The fraction of sp³-hybridized carbons (Fsp3) is 0.424. The number of aromatic nitrogens is 1. The van der Waals surface area contributed by atoms with Gasteiger partial charge in [0.1, 0.15) is 12.6 Å². The van der Waals surface area contributed by atoms with E-state index in [9.17, 15) is 14.4 Å². The fourth-order valence-electron chi connectivity index (χ4n) is 5.04. The first-order valence-electron chi connectivity index (χ1n) is 15.2. The lowest BCUT2D eigenvalue weighted by molar-refractivity contribution is -0.125. The number of thioether (sulfide) groups is 1.